The topological polar surface area (TPSA) is 131 Å². The third-order valence-electron chi connectivity index (χ3n) is 6.10. The van der Waals surface area contributed by atoms with Crippen molar-refractivity contribution in [1.29, 1.82) is 0 Å². The molecule has 0 saturated heterocycles. The van der Waals surface area contributed by atoms with Gasteiger partial charge in [0.15, 0.2) is 0 Å². The highest BCUT2D eigenvalue weighted by molar-refractivity contribution is 5.88. The number of amides is 2. The Morgan fingerprint density at radius 3 is 2.11 bits per heavy atom. The third kappa shape index (κ3) is 6.17. The van der Waals surface area contributed by atoms with E-state index < -0.39 is 35.4 Å². The van der Waals surface area contributed by atoms with E-state index in [0.29, 0.717) is 0 Å². The lowest BCUT2D eigenvalue weighted by Crippen LogP contribution is -2.50. The first kappa shape index (κ1) is 25.7. The lowest BCUT2D eigenvalue weighted by Gasteiger charge is -2.26. The first-order valence-electron chi connectivity index (χ1n) is 11.3. The summed E-state index contributed by atoms with van der Waals surface area (Å²) < 4.78 is 9.99. The Kier molecular flexibility index (Phi) is 8.11. The molecule has 3 N–H and O–H groups in total. The van der Waals surface area contributed by atoms with Crippen molar-refractivity contribution in [1.82, 2.24) is 10.6 Å². The Bertz CT molecular complexity index is 1070. The van der Waals surface area contributed by atoms with Crippen LogP contribution in [-0.4, -0.2) is 55.3 Å². The van der Waals surface area contributed by atoms with Gasteiger partial charge in [0.05, 0.1) is 12.5 Å². The molecular formula is C26H30N2O7. The summed E-state index contributed by atoms with van der Waals surface area (Å²) in [5.41, 5.74) is 3.30. The van der Waals surface area contributed by atoms with Crippen LogP contribution in [0.5, 0.6) is 0 Å². The quantitative estimate of drug-likeness (QED) is 0.444. The van der Waals surface area contributed by atoms with E-state index in [2.05, 4.69) is 15.4 Å². The molecule has 0 saturated carbocycles. The molecule has 0 bridgehead atoms. The summed E-state index contributed by atoms with van der Waals surface area (Å²) in [5.74, 6) is -2.49. The van der Waals surface area contributed by atoms with E-state index in [1.807, 2.05) is 48.5 Å². The van der Waals surface area contributed by atoms with Crippen molar-refractivity contribution in [3.63, 3.8) is 0 Å². The average molecular weight is 483 g/mol. The standard InChI is InChI=1S/C26H30N2O7/c1-26(2,24(32)28-21(23(30)31)12-13-22(29)34-3)15-27-25(33)35-14-20-18-10-6-4-8-16(18)17-9-5-7-11-19(17)20/h4-11,20-21H,12-15H2,1-3H3,(H,27,33)(H,28,32)(H,30,31)/t21-/m0/s1. The maximum Gasteiger partial charge on any atom is 0.407 e. The normalized spacial score (nSPS) is 13.2. The minimum Gasteiger partial charge on any atom is -0.480 e. The predicted octanol–water partition coefficient (Wildman–Crippen LogP) is 3.07. The SMILES string of the molecule is COC(=O)CC[C@H](NC(=O)C(C)(C)CNC(=O)OCC1c2ccccc2-c2ccccc21)C(=O)O. The number of nitrogens with one attached hydrogen (secondary N) is 2. The van der Waals surface area contributed by atoms with Crippen LogP contribution < -0.4 is 10.6 Å². The van der Waals surface area contributed by atoms with Gasteiger partial charge in [-0.2, -0.15) is 0 Å². The van der Waals surface area contributed by atoms with Crippen molar-refractivity contribution in [3.8, 4) is 11.1 Å². The zero-order valence-electron chi connectivity index (χ0n) is 20.0. The van der Waals surface area contributed by atoms with Gasteiger partial charge >= 0.3 is 18.0 Å². The van der Waals surface area contributed by atoms with E-state index in [0.717, 1.165) is 22.3 Å². The van der Waals surface area contributed by atoms with Gasteiger partial charge in [-0.15, -0.1) is 0 Å². The molecule has 0 aliphatic heterocycles. The van der Waals surface area contributed by atoms with Crippen molar-refractivity contribution in [2.45, 2.75) is 38.6 Å². The second kappa shape index (κ2) is 11.0. The molecule has 9 nitrogen and oxygen atoms in total. The largest absolute Gasteiger partial charge is 0.480 e. The lowest BCUT2D eigenvalue weighted by atomic mass is 9.91. The first-order valence-corrected chi connectivity index (χ1v) is 11.3. The molecule has 9 heteroatoms. The molecule has 2 amide bonds. The zero-order valence-corrected chi connectivity index (χ0v) is 20.0. The fraction of sp³-hybridized carbons (Fsp3) is 0.385. The molecule has 0 heterocycles. The molecule has 35 heavy (non-hydrogen) atoms. The van der Waals surface area contributed by atoms with Crippen LogP contribution in [0.4, 0.5) is 4.79 Å². The van der Waals surface area contributed by atoms with Crippen LogP contribution in [0.2, 0.25) is 0 Å². The van der Waals surface area contributed by atoms with E-state index in [1.165, 1.54) is 7.11 Å². The number of carboxylic acids is 1. The van der Waals surface area contributed by atoms with Gasteiger partial charge in [-0.1, -0.05) is 48.5 Å². The van der Waals surface area contributed by atoms with Crippen LogP contribution in [0, 0.1) is 5.41 Å². The van der Waals surface area contributed by atoms with Crippen LogP contribution in [0.25, 0.3) is 11.1 Å². The van der Waals surface area contributed by atoms with Crippen LogP contribution in [0.1, 0.15) is 43.7 Å². The van der Waals surface area contributed by atoms with Gasteiger partial charge in [-0.05, 0) is 42.5 Å². The van der Waals surface area contributed by atoms with Gasteiger partial charge in [0.1, 0.15) is 12.6 Å². The van der Waals surface area contributed by atoms with Crippen molar-refractivity contribution >= 4 is 23.9 Å². The Hall–Kier alpha value is -3.88. The molecular weight excluding hydrogens is 452 g/mol. The molecule has 3 rings (SSSR count). The summed E-state index contributed by atoms with van der Waals surface area (Å²) in [6.45, 7) is 3.22. The number of methoxy groups -OCH3 is 1. The van der Waals surface area contributed by atoms with E-state index >= 15 is 0 Å². The van der Waals surface area contributed by atoms with Crippen LogP contribution in [0.15, 0.2) is 48.5 Å². The van der Waals surface area contributed by atoms with Crippen LogP contribution >= 0.6 is 0 Å². The van der Waals surface area contributed by atoms with Gasteiger partial charge in [-0.25, -0.2) is 9.59 Å². The molecule has 2 aromatic rings. The van der Waals surface area contributed by atoms with Gasteiger partial charge in [0.2, 0.25) is 5.91 Å². The molecule has 0 spiro atoms. The van der Waals surface area contributed by atoms with E-state index in [1.54, 1.807) is 13.8 Å². The average Bonchev–Trinajstić information content (AvgIpc) is 3.17. The summed E-state index contributed by atoms with van der Waals surface area (Å²) in [4.78, 5) is 47.9. The molecule has 2 aromatic carbocycles. The first-order chi connectivity index (χ1) is 16.6. The zero-order chi connectivity index (χ0) is 25.6. The van der Waals surface area contributed by atoms with Crippen molar-refractivity contribution < 1.29 is 33.8 Å². The van der Waals surface area contributed by atoms with Gasteiger partial charge in [-0.3, -0.25) is 9.59 Å². The number of ether oxygens (including phenoxy) is 2. The monoisotopic (exact) mass is 482 g/mol. The van der Waals surface area contributed by atoms with Crippen molar-refractivity contribution in [2.75, 3.05) is 20.3 Å². The Morgan fingerprint density at radius 1 is 1.00 bits per heavy atom. The Labute approximate surface area is 203 Å². The summed E-state index contributed by atoms with van der Waals surface area (Å²) in [5, 5.41) is 14.4. The van der Waals surface area contributed by atoms with Crippen molar-refractivity contribution in [3.05, 3.63) is 59.7 Å². The number of esters is 1. The Balaban J connectivity index is 1.54. The number of hydrogen-bond donors (Lipinski definition) is 3. The molecule has 0 aromatic heterocycles. The number of rotatable bonds is 10. The highest BCUT2D eigenvalue weighted by Crippen LogP contribution is 2.44. The molecule has 0 unspecified atom stereocenters. The molecule has 1 atom stereocenters. The van der Waals surface area contributed by atoms with Gasteiger partial charge in [0, 0.05) is 18.9 Å². The Morgan fingerprint density at radius 2 is 1.57 bits per heavy atom. The van der Waals surface area contributed by atoms with Crippen molar-refractivity contribution in [2.24, 2.45) is 5.41 Å². The predicted molar refractivity (Wildman–Crippen MR) is 128 cm³/mol. The number of benzene rings is 2. The third-order valence-corrected chi connectivity index (χ3v) is 6.10. The number of alkyl carbamates (subject to hydrolysis) is 1. The summed E-state index contributed by atoms with van der Waals surface area (Å²) in [6, 6.07) is 14.7. The molecule has 1 aliphatic rings. The second-order valence-corrected chi connectivity index (χ2v) is 9.04. The van der Waals surface area contributed by atoms with E-state index in [4.69, 9.17) is 4.74 Å². The summed E-state index contributed by atoms with van der Waals surface area (Å²) in [7, 11) is 1.20. The maximum absolute atomic E-state index is 12.7. The highest BCUT2D eigenvalue weighted by atomic mass is 16.5. The van der Waals surface area contributed by atoms with E-state index in [-0.39, 0.29) is 31.9 Å². The fourth-order valence-corrected chi connectivity index (χ4v) is 4.00. The van der Waals surface area contributed by atoms with Crippen LogP contribution in [-0.2, 0) is 23.9 Å². The van der Waals surface area contributed by atoms with E-state index in [9.17, 15) is 24.3 Å². The number of fused-ring (bicyclic) bond motifs is 3. The molecule has 0 fully saturated rings. The smallest absolute Gasteiger partial charge is 0.407 e. The number of carbonyl (C=O) groups excluding carboxylic acids is 3. The maximum atomic E-state index is 12.7. The van der Waals surface area contributed by atoms with Gasteiger partial charge in [0.25, 0.3) is 0 Å². The molecule has 1 aliphatic carbocycles. The number of hydrogen-bond acceptors (Lipinski definition) is 6. The molecule has 186 valence electrons. The minimum atomic E-state index is -1.26. The van der Waals surface area contributed by atoms with Crippen LogP contribution in [0.3, 0.4) is 0 Å². The molecule has 0 radical (unpaired) electrons. The lowest BCUT2D eigenvalue weighted by molar-refractivity contribution is -0.145. The number of carboxylic acid groups (broad SMARTS) is 1. The highest BCUT2D eigenvalue weighted by Gasteiger charge is 2.33. The fourth-order valence-electron chi connectivity index (χ4n) is 4.00. The minimum absolute atomic E-state index is 0.0706. The number of aliphatic carboxylic acids is 1. The summed E-state index contributed by atoms with van der Waals surface area (Å²) in [6.07, 6.45) is -0.927. The summed E-state index contributed by atoms with van der Waals surface area (Å²) >= 11 is 0. The second-order valence-electron chi connectivity index (χ2n) is 9.04. The number of carbonyl (C=O) groups is 4. The van der Waals surface area contributed by atoms with Gasteiger partial charge < -0.3 is 25.2 Å².